The van der Waals surface area contributed by atoms with Crippen molar-refractivity contribution >= 4 is 51.6 Å². The van der Waals surface area contributed by atoms with Crippen LogP contribution in [0.25, 0.3) is 0 Å². The minimum atomic E-state index is -6.57. The quantitative estimate of drug-likeness (QED) is 0.146. The zero-order chi connectivity index (χ0) is 28.4. The van der Waals surface area contributed by atoms with Crippen molar-refractivity contribution in [2.75, 3.05) is 11.1 Å². The number of alkyl halides is 10. The third-order valence-corrected chi connectivity index (χ3v) is 7.28. The summed E-state index contributed by atoms with van der Waals surface area (Å²) in [6, 6.07) is 5.65. The van der Waals surface area contributed by atoms with Gasteiger partial charge in [-0.25, -0.2) is 4.21 Å². The number of nitrogens with one attached hydrogen (secondary N) is 1. The maximum Gasteiger partial charge on any atom is 0.475 e. The van der Waals surface area contributed by atoms with Gasteiger partial charge in [0.25, 0.3) is 5.69 Å². The molecule has 0 aliphatic heterocycles. The van der Waals surface area contributed by atoms with Gasteiger partial charge < -0.3 is 5.32 Å². The first kappa shape index (κ1) is 30.7. The number of rotatable bonds is 9. The monoisotopic (exact) mass is 604 g/mol. The first-order valence-electron chi connectivity index (χ1n) is 9.08. The lowest BCUT2D eigenvalue weighted by Gasteiger charge is -2.28. The molecule has 0 saturated carbocycles. The maximum atomic E-state index is 13.8. The summed E-state index contributed by atoms with van der Waals surface area (Å²) in [5, 5.41) is 7.52. The van der Waals surface area contributed by atoms with E-state index in [2.05, 4.69) is 0 Å². The lowest BCUT2D eigenvalue weighted by atomic mass is 10.3. The molecule has 0 aromatic heterocycles. The molecule has 19 heteroatoms. The summed E-state index contributed by atoms with van der Waals surface area (Å²) in [7, 11) is -3.58. The molecule has 2 aromatic carbocycles. The summed E-state index contributed by atoms with van der Waals surface area (Å²) in [6.45, 7) is 0. The van der Waals surface area contributed by atoms with Crippen LogP contribution in [0.15, 0.2) is 57.2 Å². The predicted molar refractivity (Wildman–Crippen MR) is 113 cm³/mol. The van der Waals surface area contributed by atoms with Gasteiger partial charge in [-0.2, -0.15) is 43.9 Å². The highest BCUT2D eigenvalue weighted by Gasteiger charge is 2.73. The number of amides is 1. The molecule has 1 atom stereocenters. The molecule has 0 fully saturated rings. The fourth-order valence-electron chi connectivity index (χ4n) is 2.37. The number of carbonyl (C=O) groups excluding carboxylic acids is 1. The van der Waals surface area contributed by atoms with Crippen LogP contribution in [0, 0.1) is 10.1 Å². The van der Waals surface area contributed by atoms with Crippen LogP contribution in [0.2, 0.25) is 0 Å². The smallest absolute Gasteiger partial charge is 0.324 e. The van der Waals surface area contributed by atoms with Gasteiger partial charge >= 0.3 is 22.9 Å². The van der Waals surface area contributed by atoms with Gasteiger partial charge in [-0.1, -0.05) is 12.1 Å². The maximum absolute atomic E-state index is 13.8. The topological polar surface area (TPSA) is 89.3 Å². The molecule has 6 nitrogen and oxygen atoms in total. The van der Waals surface area contributed by atoms with E-state index in [0.717, 1.165) is 30.3 Å². The Kier molecular flexibility index (Phi) is 9.17. The minimum absolute atomic E-state index is 0.345. The van der Waals surface area contributed by atoms with Gasteiger partial charge in [0.2, 0.25) is 5.91 Å². The average Bonchev–Trinajstić information content (AvgIpc) is 2.76. The van der Waals surface area contributed by atoms with Crippen molar-refractivity contribution in [2.45, 2.75) is 37.5 Å². The molecule has 2 rings (SSSR count). The Hall–Kier alpha value is -2.54. The fraction of sp³-hybridized carbons (Fsp3) is 0.278. The normalized spacial score (nSPS) is 13.8. The standard InChI is InChI=1S/C18H10F10N2O4S3/c19-15(20,16(21,22)23)17(24,25)36-12-4-2-1-3-10(12)29-14(31)8-35-13-6-5-9(7-11(13)30(32)33)37(34)18(26,27)28/h1-7H,8H2,(H,29,31). The molecule has 2 aromatic rings. The lowest BCUT2D eigenvalue weighted by molar-refractivity contribution is -0.387. The molecule has 0 aliphatic rings. The minimum Gasteiger partial charge on any atom is -0.324 e. The van der Waals surface area contributed by atoms with E-state index < -0.39 is 83.2 Å². The van der Waals surface area contributed by atoms with Gasteiger partial charge in [0.05, 0.1) is 26.2 Å². The Labute approximate surface area is 210 Å². The molecular weight excluding hydrogens is 594 g/mol. The van der Waals surface area contributed by atoms with E-state index in [1.165, 1.54) is 0 Å². The number of anilines is 1. The average molecular weight is 604 g/mol. The first-order chi connectivity index (χ1) is 16.8. The number of hydrogen-bond donors (Lipinski definition) is 1. The van der Waals surface area contributed by atoms with Crippen molar-refractivity contribution in [3.05, 3.63) is 52.6 Å². The number of hydrogen-bond acceptors (Lipinski definition) is 6. The van der Waals surface area contributed by atoms with Crippen LogP contribution < -0.4 is 5.32 Å². The van der Waals surface area contributed by atoms with Crippen LogP contribution in [-0.2, 0) is 15.6 Å². The number of thioether (sulfide) groups is 2. The van der Waals surface area contributed by atoms with Crippen molar-refractivity contribution < 1.29 is 57.8 Å². The molecule has 0 aliphatic carbocycles. The van der Waals surface area contributed by atoms with Crippen LogP contribution in [0.1, 0.15) is 0 Å². The number of nitro benzene ring substituents is 1. The Balaban J connectivity index is 2.20. The molecule has 0 bridgehead atoms. The van der Waals surface area contributed by atoms with Crippen molar-refractivity contribution in [3.8, 4) is 0 Å². The zero-order valence-electron chi connectivity index (χ0n) is 17.3. The van der Waals surface area contributed by atoms with E-state index in [1.54, 1.807) is 0 Å². The van der Waals surface area contributed by atoms with E-state index in [9.17, 15) is 63.0 Å². The van der Waals surface area contributed by atoms with Gasteiger partial charge in [-0.15, -0.1) is 11.8 Å². The van der Waals surface area contributed by atoms with Crippen LogP contribution in [0.4, 0.5) is 55.3 Å². The Morgan fingerprint density at radius 2 is 1.54 bits per heavy atom. The van der Waals surface area contributed by atoms with Crippen molar-refractivity contribution in [1.82, 2.24) is 0 Å². The van der Waals surface area contributed by atoms with E-state index in [0.29, 0.717) is 23.9 Å². The number of halogens is 10. The molecule has 1 N–H and O–H groups in total. The second-order valence-corrected chi connectivity index (χ2v) is 10.3. The van der Waals surface area contributed by atoms with Crippen LogP contribution in [0.3, 0.4) is 0 Å². The predicted octanol–water partition coefficient (Wildman–Crippen LogP) is 6.84. The highest BCUT2D eigenvalue weighted by molar-refractivity contribution is 8.00. The van der Waals surface area contributed by atoms with Crippen LogP contribution in [0.5, 0.6) is 0 Å². The van der Waals surface area contributed by atoms with Crippen LogP contribution in [-0.4, -0.2) is 43.7 Å². The molecule has 204 valence electrons. The van der Waals surface area contributed by atoms with Crippen LogP contribution >= 0.6 is 23.5 Å². The van der Waals surface area contributed by atoms with Gasteiger partial charge in [-0.05, 0) is 36.0 Å². The highest BCUT2D eigenvalue weighted by Crippen LogP contribution is 2.54. The van der Waals surface area contributed by atoms with Gasteiger partial charge in [-0.3, -0.25) is 14.9 Å². The SMILES string of the molecule is O=C(CSc1ccc(S(=O)C(F)(F)F)cc1[N+](=O)[O-])Nc1ccccc1SC(F)(F)C(F)(F)C(F)(F)F. The third-order valence-electron chi connectivity index (χ3n) is 4.03. The summed E-state index contributed by atoms with van der Waals surface area (Å²) in [5.74, 6) is -8.23. The van der Waals surface area contributed by atoms with Gasteiger partial charge in [0.15, 0.2) is 10.8 Å². The van der Waals surface area contributed by atoms with Gasteiger partial charge in [0.1, 0.15) is 0 Å². The number of nitrogens with zero attached hydrogens (tertiary/aromatic N) is 1. The van der Waals surface area contributed by atoms with Crippen molar-refractivity contribution in [2.24, 2.45) is 0 Å². The third kappa shape index (κ3) is 7.28. The van der Waals surface area contributed by atoms with Crippen molar-refractivity contribution in [1.29, 1.82) is 0 Å². The number of nitro groups is 1. The number of para-hydroxylation sites is 1. The highest BCUT2D eigenvalue weighted by atomic mass is 32.2. The molecule has 0 saturated heterocycles. The largest absolute Gasteiger partial charge is 0.475 e. The Bertz CT molecular complexity index is 1210. The second-order valence-electron chi connectivity index (χ2n) is 6.63. The van der Waals surface area contributed by atoms with Crippen molar-refractivity contribution in [3.63, 3.8) is 0 Å². The summed E-state index contributed by atoms with van der Waals surface area (Å²) < 4.78 is 140. The molecule has 1 amide bonds. The molecule has 37 heavy (non-hydrogen) atoms. The lowest BCUT2D eigenvalue weighted by Crippen LogP contribution is -2.49. The summed E-state index contributed by atoms with van der Waals surface area (Å²) in [6.07, 6.45) is -6.57. The number of carbonyl (C=O) groups is 1. The summed E-state index contributed by atoms with van der Waals surface area (Å²) in [4.78, 5) is 20.2. The van der Waals surface area contributed by atoms with E-state index in [1.807, 2.05) is 5.32 Å². The summed E-state index contributed by atoms with van der Waals surface area (Å²) >= 11 is -0.760. The number of benzene rings is 2. The summed E-state index contributed by atoms with van der Waals surface area (Å²) in [5.41, 5.74) is -6.71. The second kappa shape index (κ2) is 11.1. The molecular formula is C18H10F10N2O4S3. The molecule has 0 heterocycles. The van der Waals surface area contributed by atoms with E-state index in [-0.39, 0.29) is 4.90 Å². The molecule has 0 spiro atoms. The first-order valence-corrected chi connectivity index (χ1v) is 12.0. The molecule has 0 radical (unpaired) electrons. The van der Waals surface area contributed by atoms with E-state index in [4.69, 9.17) is 0 Å². The fourth-order valence-corrected chi connectivity index (χ4v) is 4.74. The molecule has 1 unspecified atom stereocenters. The zero-order valence-corrected chi connectivity index (χ0v) is 19.8. The Morgan fingerprint density at radius 1 is 0.946 bits per heavy atom. The van der Waals surface area contributed by atoms with E-state index >= 15 is 0 Å². The Morgan fingerprint density at radius 3 is 2.08 bits per heavy atom. The van der Waals surface area contributed by atoms with Gasteiger partial charge in [0, 0.05) is 11.0 Å².